The van der Waals surface area contributed by atoms with Gasteiger partial charge in [0.15, 0.2) is 0 Å². The SMILES string of the molecule is C=CCOC(=O)N1CC[C@]12CN(Cc1ccccc1)C[C@H]2C(=O)O. The molecule has 1 N–H and O–H groups in total. The van der Waals surface area contributed by atoms with Crippen LogP contribution in [0.15, 0.2) is 43.0 Å². The third-order valence-corrected chi connectivity index (χ3v) is 4.98. The summed E-state index contributed by atoms with van der Waals surface area (Å²) in [4.78, 5) is 27.7. The zero-order valence-electron chi connectivity index (χ0n) is 13.6. The number of amides is 1. The number of carbonyl (C=O) groups is 2. The van der Waals surface area contributed by atoms with Crippen LogP contribution in [0.2, 0.25) is 0 Å². The van der Waals surface area contributed by atoms with Crippen molar-refractivity contribution in [2.24, 2.45) is 5.92 Å². The third-order valence-electron chi connectivity index (χ3n) is 4.98. The summed E-state index contributed by atoms with van der Waals surface area (Å²) in [5.41, 5.74) is 0.484. The molecule has 1 aromatic carbocycles. The summed E-state index contributed by atoms with van der Waals surface area (Å²) >= 11 is 0. The average Bonchev–Trinajstić information content (AvgIpc) is 2.95. The van der Waals surface area contributed by atoms with Gasteiger partial charge in [-0.15, -0.1) is 0 Å². The van der Waals surface area contributed by atoms with E-state index in [2.05, 4.69) is 11.5 Å². The molecule has 3 rings (SSSR count). The van der Waals surface area contributed by atoms with Crippen LogP contribution in [-0.2, 0) is 16.1 Å². The molecule has 6 heteroatoms. The minimum Gasteiger partial charge on any atom is -0.481 e. The molecular weight excluding hydrogens is 308 g/mol. The summed E-state index contributed by atoms with van der Waals surface area (Å²) in [5, 5.41) is 9.65. The number of carboxylic acids is 1. The van der Waals surface area contributed by atoms with Crippen LogP contribution in [0.1, 0.15) is 12.0 Å². The highest BCUT2D eigenvalue weighted by atomic mass is 16.6. The Balaban J connectivity index is 1.75. The Hall–Kier alpha value is -2.34. The van der Waals surface area contributed by atoms with Crippen molar-refractivity contribution in [3.05, 3.63) is 48.6 Å². The predicted molar refractivity (Wildman–Crippen MR) is 88.4 cm³/mol. The van der Waals surface area contributed by atoms with Gasteiger partial charge in [0.25, 0.3) is 0 Å². The molecule has 2 aliphatic rings. The number of carbonyl (C=O) groups excluding carboxylic acids is 1. The highest BCUT2D eigenvalue weighted by molar-refractivity contribution is 5.77. The largest absolute Gasteiger partial charge is 0.481 e. The number of ether oxygens (including phenoxy) is 1. The Morgan fingerprint density at radius 2 is 2.12 bits per heavy atom. The molecule has 2 fully saturated rings. The predicted octanol–water partition coefficient (Wildman–Crippen LogP) is 1.97. The van der Waals surface area contributed by atoms with E-state index in [0.717, 1.165) is 5.56 Å². The molecule has 0 unspecified atom stereocenters. The van der Waals surface area contributed by atoms with Crippen LogP contribution in [0.4, 0.5) is 4.79 Å². The molecule has 1 spiro atoms. The first-order valence-corrected chi connectivity index (χ1v) is 8.11. The van der Waals surface area contributed by atoms with E-state index in [1.165, 1.54) is 6.08 Å². The van der Waals surface area contributed by atoms with Crippen LogP contribution >= 0.6 is 0 Å². The first-order valence-electron chi connectivity index (χ1n) is 8.11. The summed E-state index contributed by atoms with van der Waals surface area (Å²) in [6, 6.07) is 9.95. The smallest absolute Gasteiger partial charge is 0.410 e. The molecule has 1 aromatic rings. The summed E-state index contributed by atoms with van der Waals surface area (Å²) in [5.74, 6) is -1.45. The van der Waals surface area contributed by atoms with Gasteiger partial charge in [0.1, 0.15) is 6.61 Å². The van der Waals surface area contributed by atoms with Gasteiger partial charge in [0.05, 0.1) is 11.5 Å². The van der Waals surface area contributed by atoms with Crippen molar-refractivity contribution < 1.29 is 19.4 Å². The maximum absolute atomic E-state index is 12.2. The molecule has 128 valence electrons. The average molecular weight is 330 g/mol. The summed E-state index contributed by atoms with van der Waals surface area (Å²) < 4.78 is 5.12. The molecule has 1 amide bonds. The van der Waals surface area contributed by atoms with Crippen molar-refractivity contribution in [2.75, 3.05) is 26.2 Å². The minimum absolute atomic E-state index is 0.136. The van der Waals surface area contributed by atoms with E-state index in [9.17, 15) is 14.7 Å². The van der Waals surface area contributed by atoms with E-state index >= 15 is 0 Å². The normalized spacial score (nSPS) is 26.2. The Morgan fingerprint density at radius 3 is 2.71 bits per heavy atom. The van der Waals surface area contributed by atoms with E-state index in [1.807, 2.05) is 30.3 Å². The molecule has 0 bridgehead atoms. The van der Waals surface area contributed by atoms with Gasteiger partial charge in [0.2, 0.25) is 0 Å². The monoisotopic (exact) mass is 330 g/mol. The molecule has 2 atom stereocenters. The molecule has 0 saturated carbocycles. The maximum atomic E-state index is 12.2. The van der Waals surface area contributed by atoms with E-state index in [4.69, 9.17) is 4.74 Å². The first kappa shape index (κ1) is 16.5. The van der Waals surface area contributed by atoms with Gasteiger partial charge in [-0.05, 0) is 12.0 Å². The van der Waals surface area contributed by atoms with Gasteiger partial charge >= 0.3 is 12.1 Å². The lowest BCUT2D eigenvalue weighted by Crippen LogP contribution is -2.67. The number of benzene rings is 1. The fourth-order valence-electron chi connectivity index (χ4n) is 3.78. The lowest BCUT2D eigenvalue weighted by Gasteiger charge is -2.51. The minimum atomic E-state index is -0.855. The topological polar surface area (TPSA) is 70.1 Å². The Kier molecular flexibility index (Phi) is 4.57. The zero-order valence-corrected chi connectivity index (χ0v) is 13.6. The number of hydrogen-bond donors (Lipinski definition) is 1. The van der Waals surface area contributed by atoms with Gasteiger partial charge in [-0.1, -0.05) is 43.0 Å². The number of carboxylic acid groups (broad SMARTS) is 1. The standard InChI is InChI=1S/C18H22N2O4/c1-2-10-24-17(23)20-9-8-18(20)13-19(12-15(18)16(21)22)11-14-6-4-3-5-7-14/h2-7,15H,1,8-13H2,(H,21,22)/t15-,18+/m0/s1. The Morgan fingerprint density at radius 1 is 1.38 bits per heavy atom. The fraction of sp³-hybridized carbons (Fsp3) is 0.444. The summed E-state index contributed by atoms with van der Waals surface area (Å²) in [6.07, 6.45) is 1.75. The van der Waals surface area contributed by atoms with Crippen LogP contribution in [-0.4, -0.2) is 58.7 Å². The van der Waals surface area contributed by atoms with Gasteiger partial charge < -0.3 is 14.7 Å². The fourth-order valence-corrected chi connectivity index (χ4v) is 3.78. The van der Waals surface area contributed by atoms with Crippen molar-refractivity contribution in [3.8, 4) is 0 Å². The van der Waals surface area contributed by atoms with Crippen LogP contribution < -0.4 is 0 Å². The maximum Gasteiger partial charge on any atom is 0.410 e. The van der Waals surface area contributed by atoms with E-state index in [0.29, 0.717) is 32.6 Å². The molecule has 2 heterocycles. The highest BCUT2D eigenvalue weighted by Gasteiger charge is 2.60. The van der Waals surface area contributed by atoms with Gasteiger partial charge in [-0.25, -0.2) is 4.79 Å². The molecule has 24 heavy (non-hydrogen) atoms. The van der Waals surface area contributed by atoms with Crippen LogP contribution in [0.25, 0.3) is 0 Å². The van der Waals surface area contributed by atoms with Crippen LogP contribution in [0.3, 0.4) is 0 Å². The second-order valence-electron chi connectivity index (χ2n) is 6.42. The number of nitrogens with zero attached hydrogens (tertiary/aromatic N) is 2. The molecule has 0 radical (unpaired) electrons. The van der Waals surface area contributed by atoms with Gasteiger partial charge in [-0.3, -0.25) is 9.69 Å². The molecule has 2 aliphatic heterocycles. The summed E-state index contributed by atoms with van der Waals surface area (Å²) in [7, 11) is 0. The number of hydrogen-bond acceptors (Lipinski definition) is 4. The molecular formula is C18H22N2O4. The van der Waals surface area contributed by atoms with Crippen molar-refractivity contribution in [1.82, 2.24) is 9.80 Å². The lowest BCUT2D eigenvalue weighted by atomic mass is 9.76. The zero-order chi connectivity index (χ0) is 17.2. The lowest BCUT2D eigenvalue weighted by molar-refractivity contribution is -0.148. The first-order chi connectivity index (χ1) is 11.6. The van der Waals surface area contributed by atoms with E-state index < -0.39 is 23.5 Å². The van der Waals surface area contributed by atoms with Crippen LogP contribution in [0.5, 0.6) is 0 Å². The number of rotatable bonds is 5. The quantitative estimate of drug-likeness (QED) is 0.836. The molecule has 6 nitrogen and oxygen atoms in total. The second kappa shape index (κ2) is 6.65. The van der Waals surface area contributed by atoms with E-state index in [1.54, 1.807) is 4.90 Å². The Bertz CT molecular complexity index is 633. The second-order valence-corrected chi connectivity index (χ2v) is 6.42. The van der Waals surface area contributed by atoms with Crippen molar-refractivity contribution in [1.29, 1.82) is 0 Å². The summed E-state index contributed by atoms with van der Waals surface area (Å²) in [6.45, 7) is 5.89. The van der Waals surface area contributed by atoms with Crippen molar-refractivity contribution in [3.63, 3.8) is 0 Å². The molecule has 2 saturated heterocycles. The van der Waals surface area contributed by atoms with E-state index in [-0.39, 0.29) is 6.61 Å². The van der Waals surface area contributed by atoms with Crippen molar-refractivity contribution in [2.45, 2.75) is 18.5 Å². The van der Waals surface area contributed by atoms with Gasteiger partial charge in [0, 0.05) is 26.2 Å². The molecule has 0 aromatic heterocycles. The molecule has 0 aliphatic carbocycles. The number of aliphatic carboxylic acids is 1. The van der Waals surface area contributed by atoms with Crippen molar-refractivity contribution >= 4 is 12.1 Å². The van der Waals surface area contributed by atoms with Crippen LogP contribution in [0, 0.1) is 5.92 Å². The number of likely N-dealkylation sites (tertiary alicyclic amines) is 2. The highest BCUT2D eigenvalue weighted by Crippen LogP contribution is 2.44. The van der Waals surface area contributed by atoms with Gasteiger partial charge in [-0.2, -0.15) is 0 Å². The third kappa shape index (κ3) is 2.89. The Labute approximate surface area is 141 Å².